The van der Waals surface area contributed by atoms with Crippen LogP contribution >= 0.6 is 0 Å². The summed E-state index contributed by atoms with van der Waals surface area (Å²) in [6, 6.07) is 5.10. The number of carboxylic acid groups (broad SMARTS) is 1. The molecule has 2 aromatic heterocycles. The summed E-state index contributed by atoms with van der Waals surface area (Å²) in [6.45, 7) is 1.32. The van der Waals surface area contributed by atoms with E-state index in [2.05, 4.69) is 4.98 Å². The number of ketones is 1. The van der Waals surface area contributed by atoms with Crippen molar-refractivity contribution in [2.24, 2.45) is 0 Å². The monoisotopic (exact) mass is 204 g/mol. The number of nitrogens with zero attached hydrogens (tertiary/aromatic N) is 2. The fraction of sp³-hybridized carbons (Fsp3) is 0.100. The Balaban J connectivity index is 2.86. The van der Waals surface area contributed by atoms with E-state index >= 15 is 0 Å². The van der Waals surface area contributed by atoms with Crippen molar-refractivity contribution in [1.82, 2.24) is 9.38 Å². The number of rotatable bonds is 2. The predicted molar refractivity (Wildman–Crippen MR) is 52.2 cm³/mol. The lowest BCUT2D eigenvalue weighted by molar-refractivity contribution is 0.0686. The van der Waals surface area contributed by atoms with Crippen molar-refractivity contribution in [2.75, 3.05) is 0 Å². The van der Waals surface area contributed by atoms with Crippen LogP contribution in [0.4, 0.5) is 0 Å². The maximum absolute atomic E-state index is 11.3. The summed E-state index contributed by atoms with van der Waals surface area (Å²) in [5, 5.41) is 8.89. The Kier molecular flexibility index (Phi) is 2.00. The smallest absolute Gasteiger partial charge is 0.356 e. The first-order valence-electron chi connectivity index (χ1n) is 4.32. The molecule has 0 fully saturated rings. The number of Topliss-reactive ketones (excluding diaryl/α,β-unsaturated/α-hetero) is 1. The third-order valence-electron chi connectivity index (χ3n) is 2.07. The van der Waals surface area contributed by atoms with Crippen LogP contribution in [-0.4, -0.2) is 26.2 Å². The Morgan fingerprint density at radius 2 is 2.13 bits per heavy atom. The van der Waals surface area contributed by atoms with Gasteiger partial charge in [-0.15, -0.1) is 0 Å². The Bertz CT molecular complexity index is 557. The first-order chi connectivity index (χ1) is 7.11. The normalized spacial score (nSPS) is 10.5. The lowest BCUT2D eigenvalue weighted by Crippen LogP contribution is -2.07. The van der Waals surface area contributed by atoms with Gasteiger partial charge in [0.1, 0.15) is 11.3 Å². The minimum Gasteiger partial charge on any atom is -0.476 e. The van der Waals surface area contributed by atoms with Crippen molar-refractivity contribution >= 4 is 17.4 Å². The third kappa shape index (κ3) is 1.38. The molecule has 0 unspecified atom stereocenters. The van der Waals surface area contributed by atoms with Gasteiger partial charge in [0.15, 0.2) is 11.5 Å². The molecule has 0 aliphatic carbocycles. The second-order valence-corrected chi connectivity index (χ2v) is 3.10. The van der Waals surface area contributed by atoms with E-state index in [1.54, 1.807) is 24.4 Å². The molecule has 15 heavy (non-hydrogen) atoms. The topological polar surface area (TPSA) is 71.7 Å². The summed E-state index contributed by atoms with van der Waals surface area (Å²) >= 11 is 0. The Morgan fingerprint density at radius 3 is 2.73 bits per heavy atom. The summed E-state index contributed by atoms with van der Waals surface area (Å²) in [4.78, 5) is 26.1. The Hall–Kier alpha value is -2.17. The fourth-order valence-electron chi connectivity index (χ4n) is 1.48. The molecule has 0 bridgehead atoms. The number of aromatic carboxylic acids is 1. The zero-order valence-electron chi connectivity index (χ0n) is 7.97. The van der Waals surface area contributed by atoms with Crippen LogP contribution in [0.15, 0.2) is 24.4 Å². The van der Waals surface area contributed by atoms with Gasteiger partial charge in [-0.3, -0.25) is 9.20 Å². The summed E-state index contributed by atoms with van der Waals surface area (Å²) in [5.74, 6) is -1.50. The number of hydrogen-bond donors (Lipinski definition) is 1. The molecule has 0 aromatic carbocycles. The quantitative estimate of drug-likeness (QED) is 0.747. The molecule has 0 atom stereocenters. The van der Waals surface area contributed by atoms with Gasteiger partial charge in [-0.1, -0.05) is 6.07 Å². The highest BCUT2D eigenvalue weighted by molar-refractivity contribution is 6.03. The van der Waals surface area contributed by atoms with E-state index < -0.39 is 5.97 Å². The van der Waals surface area contributed by atoms with E-state index in [1.165, 1.54) is 11.3 Å². The predicted octanol–water partition coefficient (Wildman–Crippen LogP) is 1.24. The van der Waals surface area contributed by atoms with Crippen LogP contribution in [0, 0.1) is 0 Å². The fourth-order valence-corrected chi connectivity index (χ4v) is 1.48. The number of aromatic nitrogens is 2. The van der Waals surface area contributed by atoms with Crippen molar-refractivity contribution in [3.05, 3.63) is 35.8 Å². The number of carboxylic acids is 1. The van der Waals surface area contributed by atoms with Crippen molar-refractivity contribution in [3.63, 3.8) is 0 Å². The minimum atomic E-state index is -1.19. The Labute approximate surface area is 85.0 Å². The van der Waals surface area contributed by atoms with Gasteiger partial charge < -0.3 is 5.11 Å². The minimum absolute atomic E-state index is 0.109. The number of fused-ring (bicyclic) bond motifs is 1. The summed E-state index contributed by atoms with van der Waals surface area (Å²) < 4.78 is 1.48. The van der Waals surface area contributed by atoms with Crippen molar-refractivity contribution in [1.29, 1.82) is 0 Å². The standard InChI is InChI=1S/C10H8N2O3/c1-6(13)9-8(10(14)15)11-7-4-2-3-5-12(7)9/h2-5H,1H3,(H,14,15). The Morgan fingerprint density at radius 1 is 1.40 bits per heavy atom. The van der Waals surface area contributed by atoms with Crippen LogP contribution in [0.1, 0.15) is 27.9 Å². The van der Waals surface area contributed by atoms with Crippen molar-refractivity contribution < 1.29 is 14.7 Å². The molecule has 0 radical (unpaired) electrons. The molecule has 0 saturated carbocycles. The average molecular weight is 204 g/mol. The number of hydrogen-bond acceptors (Lipinski definition) is 3. The largest absolute Gasteiger partial charge is 0.476 e. The summed E-state index contributed by atoms with van der Waals surface area (Å²) in [5.41, 5.74) is 0.368. The first kappa shape index (κ1) is 9.39. The van der Waals surface area contributed by atoms with Gasteiger partial charge in [-0.25, -0.2) is 9.78 Å². The second kappa shape index (κ2) is 3.20. The van der Waals surface area contributed by atoms with Crippen LogP contribution in [0.2, 0.25) is 0 Å². The lowest BCUT2D eigenvalue weighted by Gasteiger charge is -1.96. The SMILES string of the molecule is CC(=O)c1c(C(=O)O)nc2ccccn12. The molecule has 0 saturated heterocycles. The van der Waals surface area contributed by atoms with E-state index in [9.17, 15) is 9.59 Å². The molecule has 0 amide bonds. The van der Waals surface area contributed by atoms with Crippen LogP contribution in [-0.2, 0) is 0 Å². The number of carbonyl (C=O) groups excluding carboxylic acids is 1. The third-order valence-corrected chi connectivity index (χ3v) is 2.07. The van der Waals surface area contributed by atoms with Gasteiger partial charge in [0.25, 0.3) is 0 Å². The maximum atomic E-state index is 11.3. The molecule has 2 aromatic rings. The van der Waals surface area contributed by atoms with Gasteiger partial charge in [0.05, 0.1) is 0 Å². The van der Waals surface area contributed by atoms with Gasteiger partial charge in [0, 0.05) is 13.1 Å². The highest BCUT2D eigenvalue weighted by atomic mass is 16.4. The van der Waals surface area contributed by atoms with E-state index in [0.29, 0.717) is 5.65 Å². The second-order valence-electron chi connectivity index (χ2n) is 3.10. The van der Waals surface area contributed by atoms with Gasteiger partial charge in [-0.2, -0.15) is 0 Å². The summed E-state index contributed by atoms with van der Waals surface area (Å²) in [7, 11) is 0. The molecule has 0 aliphatic rings. The number of pyridine rings is 1. The average Bonchev–Trinajstić information content (AvgIpc) is 2.56. The zero-order valence-corrected chi connectivity index (χ0v) is 7.97. The van der Waals surface area contributed by atoms with E-state index in [4.69, 9.17) is 5.11 Å². The van der Waals surface area contributed by atoms with Crippen LogP contribution in [0.5, 0.6) is 0 Å². The van der Waals surface area contributed by atoms with Gasteiger partial charge in [0.2, 0.25) is 0 Å². The molecule has 2 heterocycles. The number of imidazole rings is 1. The molecule has 0 spiro atoms. The molecular weight excluding hydrogens is 196 g/mol. The van der Waals surface area contributed by atoms with E-state index in [-0.39, 0.29) is 17.2 Å². The first-order valence-corrected chi connectivity index (χ1v) is 4.32. The zero-order chi connectivity index (χ0) is 11.0. The van der Waals surface area contributed by atoms with E-state index in [1.807, 2.05) is 0 Å². The highest BCUT2D eigenvalue weighted by Gasteiger charge is 2.20. The molecule has 5 nitrogen and oxygen atoms in total. The molecule has 76 valence electrons. The van der Waals surface area contributed by atoms with Gasteiger partial charge >= 0.3 is 5.97 Å². The molecule has 1 N–H and O–H groups in total. The molecule has 0 aliphatic heterocycles. The van der Waals surface area contributed by atoms with Crippen LogP contribution < -0.4 is 0 Å². The van der Waals surface area contributed by atoms with Crippen molar-refractivity contribution in [2.45, 2.75) is 6.92 Å². The van der Waals surface area contributed by atoms with Gasteiger partial charge in [-0.05, 0) is 12.1 Å². The highest BCUT2D eigenvalue weighted by Crippen LogP contribution is 2.13. The maximum Gasteiger partial charge on any atom is 0.356 e. The lowest BCUT2D eigenvalue weighted by atomic mass is 10.2. The van der Waals surface area contributed by atoms with Crippen LogP contribution in [0.3, 0.4) is 0 Å². The van der Waals surface area contributed by atoms with Crippen molar-refractivity contribution in [3.8, 4) is 0 Å². The summed E-state index contributed by atoms with van der Waals surface area (Å²) in [6.07, 6.45) is 1.62. The molecule has 5 heteroatoms. The van der Waals surface area contributed by atoms with Crippen LogP contribution in [0.25, 0.3) is 5.65 Å². The molecular formula is C10H8N2O3. The molecule has 2 rings (SSSR count). The van der Waals surface area contributed by atoms with E-state index in [0.717, 1.165) is 0 Å². The number of carbonyl (C=O) groups is 2.